The van der Waals surface area contributed by atoms with Gasteiger partial charge in [-0.05, 0) is 24.1 Å². The van der Waals surface area contributed by atoms with Crippen LogP contribution < -0.4 is 16.8 Å². The van der Waals surface area contributed by atoms with Gasteiger partial charge >= 0.3 is 5.76 Å². The zero-order valence-electron chi connectivity index (χ0n) is 10.5. The molecule has 0 aliphatic carbocycles. The highest BCUT2D eigenvalue weighted by atomic mass is 16.5. The maximum atomic E-state index is 11.1. The first-order valence-electron chi connectivity index (χ1n) is 6.42. The molecule has 0 radical (unpaired) electrons. The molecule has 1 aliphatic rings. The van der Waals surface area contributed by atoms with Crippen molar-refractivity contribution in [3.8, 4) is 0 Å². The fraction of sp³-hybridized carbons (Fsp3) is 0.462. The highest BCUT2D eigenvalue weighted by Gasteiger charge is 2.18. The van der Waals surface area contributed by atoms with Gasteiger partial charge in [-0.1, -0.05) is 6.07 Å². The molecule has 1 aliphatic heterocycles. The number of ether oxygens (including phenoxy) is 1. The van der Waals surface area contributed by atoms with E-state index in [2.05, 4.69) is 10.3 Å². The minimum absolute atomic E-state index is 0.108. The number of nitrogens with one attached hydrogen (secondary N) is 2. The summed E-state index contributed by atoms with van der Waals surface area (Å²) in [5, 5.41) is 3.38. The summed E-state index contributed by atoms with van der Waals surface area (Å²) in [6, 6.07) is 5.73. The number of oxazole rings is 1. The molecule has 2 heterocycles. The molecule has 3 rings (SSSR count). The van der Waals surface area contributed by atoms with Gasteiger partial charge in [-0.15, -0.1) is 0 Å². The second-order valence-corrected chi connectivity index (χ2v) is 4.84. The molecule has 2 aromatic rings. The number of nitrogens with two attached hydrogens (primary N) is 1. The lowest BCUT2D eigenvalue weighted by molar-refractivity contribution is 0.0720. The molecule has 2 atom stereocenters. The Labute approximate surface area is 109 Å². The first kappa shape index (κ1) is 12.4. The van der Waals surface area contributed by atoms with Gasteiger partial charge in [0, 0.05) is 18.6 Å². The van der Waals surface area contributed by atoms with Gasteiger partial charge in [-0.2, -0.15) is 0 Å². The normalized spacial score (nSPS) is 21.6. The minimum Gasteiger partial charge on any atom is -0.408 e. The fourth-order valence-corrected chi connectivity index (χ4v) is 2.41. The summed E-state index contributed by atoms with van der Waals surface area (Å²) in [6.07, 6.45) is 0.792. The van der Waals surface area contributed by atoms with Crippen LogP contribution in [0.4, 0.5) is 0 Å². The quantitative estimate of drug-likeness (QED) is 0.749. The molecule has 6 nitrogen and oxygen atoms in total. The standard InChI is InChI=1S/C13H17N3O3/c14-10(6-9-7-18-4-3-15-9)8-1-2-11-12(5-8)19-13(17)16-11/h1-2,5,9-10,15H,3-4,6-7,14H2,(H,16,17). The van der Waals surface area contributed by atoms with Crippen LogP contribution in [0.3, 0.4) is 0 Å². The largest absolute Gasteiger partial charge is 0.417 e. The Hall–Kier alpha value is -1.63. The molecule has 6 heteroatoms. The van der Waals surface area contributed by atoms with Crippen LogP contribution in [0.1, 0.15) is 18.0 Å². The Balaban J connectivity index is 1.76. The molecule has 1 aromatic carbocycles. The summed E-state index contributed by atoms with van der Waals surface area (Å²) in [6.45, 7) is 2.31. The number of aromatic amines is 1. The van der Waals surface area contributed by atoms with Crippen molar-refractivity contribution in [3.05, 3.63) is 34.3 Å². The van der Waals surface area contributed by atoms with Crippen LogP contribution in [0, 0.1) is 0 Å². The van der Waals surface area contributed by atoms with Gasteiger partial charge < -0.3 is 20.2 Å². The lowest BCUT2D eigenvalue weighted by Crippen LogP contribution is -2.42. The van der Waals surface area contributed by atoms with Gasteiger partial charge in [0.25, 0.3) is 0 Å². The summed E-state index contributed by atoms with van der Waals surface area (Å²) >= 11 is 0. The summed E-state index contributed by atoms with van der Waals surface area (Å²) in [7, 11) is 0. The smallest absolute Gasteiger partial charge is 0.408 e. The van der Waals surface area contributed by atoms with Gasteiger partial charge in [-0.3, -0.25) is 4.98 Å². The van der Waals surface area contributed by atoms with Crippen molar-refractivity contribution in [1.29, 1.82) is 0 Å². The van der Waals surface area contributed by atoms with Crippen molar-refractivity contribution in [2.45, 2.75) is 18.5 Å². The minimum atomic E-state index is -0.442. The topological polar surface area (TPSA) is 93.3 Å². The fourth-order valence-electron chi connectivity index (χ4n) is 2.41. The van der Waals surface area contributed by atoms with Crippen LogP contribution in [-0.2, 0) is 4.74 Å². The number of morpholine rings is 1. The maximum Gasteiger partial charge on any atom is 0.417 e. The summed E-state index contributed by atoms with van der Waals surface area (Å²) in [5.41, 5.74) is 8.40. The Kier molecular flexibility index (Phi) is 3.37. The van der Waals surface area contributed by atoms with E-state index >= 15 is 0 Å². The predicted molar refractivity (Wildman–Crippen MR) is 71.0 cm³/mol. The maximum absolute atomic E-state index is 11.1. The number of fused-ring (bicyclic) bond motifs is 1. The van der Waals surface area contributed by atoms with Crippen molar-refractivity contribution < 1.29 is 9.15 Å². The van der Waals surface area contributed by atoms with Gasteiger partial charge in [-0.25, -0.2) is 4.79 Å². The third-order valence-corrected chi connectivity index (χ3v) is 3.41. The third-order valence-electron chi connectivity index (χ3n) is 3.41. The Bertz CT molecular complexity index is 613. The van der Waals surface area contributed by atoms with E-state index < -0.39 is 5.76 Å². The molecule has 1 fully saturated rings. The highest BCUT2D eigenvalue weighted by molar-refractivity contribution is 5.72. The third kappa shape index (κ3) is 2.70. The first-order chi connectivity index (χ1) is 9.22. The van der Waals surface area contributed by atoms with Crippen LogP contribution in [0.15, 0.2) is 27.4 Å². The molecule has 2 unspecified atom stereocenters. The number of hydrogen-bond donors (Lipinski definition) is 3. The van der Waals surface area contributed by atoms with Crippen LogP contribution in [0.25, 0.3) is 11.1 Å². The van der Waals surface area contributed by atoms with E-state index in [-0.39, 0.29) is 12.1 Å². The molecule has 0 saturated carbocycles. The van der Waals surface area contributed by atoms with Gasteiger partial charge in [0.2, 0.25) is 0 Å². The van der Waals surface area contributed by atoms with Crippen LogP contribution in [-0.4, -0.2) is 30.8 Å². The average molecular weight is 263 g/mol. The second kappa shape index (κ2) is 5.16. The van der Waals surface area contributed by atoms with Crippen molar-refractivity contribution >= 4 is 11.1 Å². The molecule has 0 bridgehead atoms. The van der Waals surface area contributed by atoms with E-state index in [1.54, 1.807) is 0 Å². The Morgan fingerprint density at radius 2 is 2.37 bits per heavy atom. The van der Waals surface area contributed by atoms with Crippen LogP contribution in [0.5, 0.6) is 0 Å². The van der Waals surface area contributed by atoms with E-state index in [0.29, 0.717) is 17.7 Å². The number of H-pyrrole nitrogens is 1. The summed E-state index contributed by atoms with van der Waals surface area (Å²) in [5.74, 6) is -0.442. The van der Waals surface area contributed by atoms with Crippen molar-refractivity contribution in [2.24, 2.45) is 5.73 Å². The molecule has 4 N–H and O–H groups in total. The molecule has 0 spiro atoms. The first-order valence-corrected chi connectivity index (χ1v) is 6.42. The zero-order chi connectivity index (χ0) is 13.2. The highest BCUT2D eigenvalue weighted by Crippen LogP contribution is 2.20. The van der Waals surface area contributed by atoms with Crippen LogP contribution in [0.2, 0.25) is 0 Å². The molecule has 1 aromatic heterocycles. The predicted octanol–water partition coefficient (Wildman–Crippen LogP) is 0.499. The lowest BCUT2D eigenvalue weighted by atomic mass is 10.00. The SMILES string of the molecule is NC(CC1COCCN1)c1ccc2[nH]c(=O)oc2c1. The monoisotopic (exact) mass is 263 g/mol. The molecular weight excluding hydrogens is 246 g/mol. The van der Waals surface area contributed by atoms with E-state index in [1.165, 1.54) is 0 Å². The van der Waals surface area contributed by atoms with E-state index in [4.69, 9.17) is 14.9 Å². The average Bonchev–Trinajstić information content (AvgIpc) is 2.78. The van der Waals surface area contributed by atoms with Crippen LogP contribution >= 0.6 is 0 Å². The molecule has 102 valence electrons. The Morgan fingerprint density at radius 1 is 1.47 bits per heavy atom. The summed E-state index contributed by atoms with van der Waals surface area (Å²) in [4.78, 5) is 13.7. The number of rotatable bonds is 3. The van der Waals surface area contributed by atoms with Gasteiger partial charge in [0.15, 0.2) is 5.58 Å². The number of benzene rings is 1. The van der Waals surface area contributed by atoms with Gasteiger partial charge in [0.05, 0.1) is 18.7 Å². The molecule has 19 heavy (non-hydrogen) atoms. The Morgan fingerprint density at radius 3 is 3.16 bits per heavy atom. The van der Waals surface area contributed by atoms with E-state index in [9.17, 15) is 4.79 Å². The van der Waals surface area contributed by atoms with E-state index in [1.807, 2.05) is 18.2 Å². The van der Waals surface area contributed by atoms with Crippen molar-refractivity contribution in [3.63, 3.8) is 0 Å². The number of aromatic nitrogens is 1. The second-order valence-electron chi connectivity index (χ2n) is 4.84. The van der Waals surface area contributed by atoms with E-state index in [0.717, 1.165) is 25.1 Å². The number of hydrogen-bond acceptors (Lipinski definition) is 5. The molecular formula is C13H17N3O3. The summed E-state index contributed by atoms with van der Waals surface area (Å²) < 4.78 is 10.5. The van der Waals surface area contributed by atoms with Gasteiger partial charge in [0.1, 0.15) is 0 Å². The molecule has 0 amide bonds. The van der Waals surface area contributed by atoms with Crippen molar-refractivity contribution in [2.75, 3.05) is 19.8 Å². The lowest BCUT2D eigenvalue weighted by Gasteiger charge is -2.26. The zero-order valence-corrected chi connectivity index (χ0v) is 10.5. The van der Waals surface area contributed by atoms with Crippen molar-refractivity contribution in [1.82, 2.24) is 10.3 Å². The molecule has 1 saturated heterocycles.